The van der Waals surface area contributed by atoms with Crippen molar-refractivity contribution in [2.75, 3.05) is 10.2 Å². The van der Waals surface area contributed by atoms with Crippen molar-refractivity contribution in [1.82, 2.24) is 0 Å². The number of para-hydroxylation sites is 1. The van der Waals surface area contributed by atoms with Crippen molar-refractivity contribution in [3.05, 3.63) is 192 Å². The number of nitrogens with one attached hydrogen (secondary N) is 1. The van der Waals surface area contributed by atoms with Crippen LogP contribution in [0.1, 0.15) is 62.1 Å². The Morgan fingerprint density at radius 2 is 1.26 bits per heavy atom. The predicted octanol–water partition coefficient (Wildman–Crippen LogP) is 15.4. The van der Waals surface area contributed by atoms with Gasteiger partial charge in [0.15, 0.2) is 0 Å². The van der Waals surface area contributed by atoms with Gasteiger partial charge in [0.2, 0.25) is 0 Å². The first-order valence-electron chi connectivity index (χ1n) is 20.8. The minimum Gasteiger partial charge on any atom is -0.358 e. The largest absolute Gasteiger partial charge is 0.358 e. The highest BCUT2D eigenvalue weighted by Gasteiger charge is 2.50. The summed E-state index contributed by atoms with van der Waals surface area (Å²) in [6.07, 6.45) is 19.1. The maximum absolute atomic E-state index is 4.17. The molecular weight excluding hydrogens is 709 g/mol. The van der Waals surface area contributed by atoms with Gasteiger partial charge in [-0.1, -0.05) is 135 Å². The van der Waals surface area contributed by atoms with Crippen LogP contribution in [0.4, 0.5) is 22.7 Å². The lowest BCUT2D eigenvalue weighted by molar-refractivity contribution is 0.307. The Balaban J connectivity index is 0.971. The van der Waals surface area contributed by atoms with E-state index in [9.17, 15) is 0 Å². The van der Waals surface area contributed by atoms with Crippen molar-refractivity contribution in [2.24, 2.45) is 11.8 Å². The first-order valence-corrected chi connectivity index (χ1v) is 21.6. The smallest absolute Gasteiger partial charge is 0.0511 e. The standard InChI is InChI=1S/C54H46N2S/c1-36-13-12-16-41(33-36)51-52-48(35-46-45-19-8-9-20-50(45)57-53(46)51)54(31-10-11-32-54)47-34-40(25-30-49(47)55-52)39-23-28-44(29-24-39)56(42-17-6-3-7-18-42)43-26-21-38(22-27-43)37-14-4-2-5-15-37/h2-9,12-30,35-36,47,55H,10-11,31-34H2,1H3/t36-,47?/m1/s1. The van der Waals surface area contributed by atoms with Gasteiger partial charge in [-0.05, 0) is 120 Å². The number of nitrogens with zero attached hydrogens (tertiary/aromatic N) is 1. The minimum absolute atomic E-state index is 0.116. The molecule has 1 N–H and O–H groups in total. The second-order valence-corrected chi connectivity index (χ2v) is 17.6. The molecule has 1 unspecified atom stereocenters. The number of hydrogen-bond donors (Lipinski definition) is 1. The summed E-state index contributed by atoms with van der Waals surface area (Å²) in [4.78, 5) is 2.37. The van der Waals surface area contributed by atoms with Gasteiger partial charge in [-0.2, -0.15) is 0 Å². The van der Waals surface area contributed by atoms with E-state index in [2.05, 4.69) is 187 Å². The van der Waals surface area contributed by atoms with Crippen molar-refractivity contribution >= 4 is 65.4 Å². The number of allylic oxidation sites excluding steroid dienone is 8. The van der Waals surface area contributed by atoms with E-state index in [1.165, 1.54) is 90.6 Å². The van der Waals surface area contributed by atoms with Crippen LogP contribution >= 0.6 is 11.3 Å². The van der Waals surface area contributed by atoms with Gasteiger partial charge >= 0.3 is 0 Å². The Bertz CT molecular complexity index is 2760. The lowest BCUT2D eigenvalue weighted by Gasteiger charge is -2.47. The molecule has 1 aliphatic heterocycles. The second-order valence-electron chi connectivity index (χ2n) is 16.6. The fourth-order valence-electron chi connectivity index (χ4n) is 10.5. The van der Waals surface area contributed by atoms with Gasteiger partial charge in [-0.25, -0.2) is 0 Å². The van der Waals surface area contributed by atoms with E-state index >= 15 is 0 Å². The highest BCUT2D eigenvalue weighted by Crippen LogP contribution is 2.60. The quantitative estimate of drug-likeness (QED) is 0.182. The van der Waals surface area contributed by atoms with E-state index < -0.39 is 0 Å². The topological polar surface area (TPSA) is 15.3 Å². The van der Waals surface area contributed by atoms with E-state index in [4.69, 9.17) is 0 Å². The molecule has 7 aromatic rings. The summed E-state index contributed by atoms with van der Waals surface area (Å²) >= 11 is 1.97. The van der Waals surface area contributed by atoms with Crippen molar-refractivity contribution < 1.29 is 0 Å². The van der Waals surface area contributed by atoms with Crippen LogP contribution in [0.15, 0.2) is 176 Å². The van der Waals surface area contributed by atoms with Gasteiger partial charge in [0.1, 0.15) is 0 Å². The lowest BCUT2D eigenvalue weighted by Crippen LogP contribution is -2.41. The van der Waals surface area contributed by atoms with Gasteiger partial charge in [0, 0.05) is 59.8 Å². The molecular formula is C54H46N2S. The number of thiophene rings is 1. The van der Waals surface area contributed by atoms with Crippen LogP contribution in [-0.2, 0) is 5.41 Å². The van der Waals surface area contributed by atoms with Crippen LogP contribution < -0.4 is 10.2 Å². The number of hydrogen-bond acceptors (Lipinski definition) is 3. The Morgan fingerprint density at radius 3 is 2.00 bits per heavy atom. The fraction of sp³-hybridized carbons (Fsp3) is 0.185. The first-order chi connectivity index (χ1) is 28.1. The van der Waals surface area contributed by atoms with Gasteiger partial charge in [0.25, 0.3) is 0 Å². The van der Waals surface area contributed by atoms with Crippen molar-refractivity contribution in [3.63, 3.8) is 0 Å². The fourth-order valence-corrected chi connectivity index (χ4v) is 11.8. The van der Waals surface area contributed by atoms with E-state index in [1.54, 1.807) is 5.56 Å². The second kappa shape index (κ2) is 13.9. The normalized spacial score (nSPS) is 19.4. The molecule has 0 saturated heterocycles. The first kappa shape index (κ1) is 34.4. The van der Waals surface area contributed by atoms with Gasteiger partial charge in [-0.15, -0.1) is 11.3 Å². The predicted molar refractivity (Wildman–Crippen MR) is 245 cm³/mol. The maximum Gasteiger partial charge on any atom is 0.0511 e. The molecule has 278 valence electrons. The molecule has 0 radical (unpaired) electrons. The highest BCUT2D eigenvalue weighted by atomic mass is 32.1. The van der Waals surface area contributed by atoms with E-state index in [0.29, 0.717) is 11.8 Å². The maximum atomic E-state index is 4.17. The number of fused-ring (bicyclic) bond motifs is 7. The molecule has 1 spiro atoms. The average molecular weight is 755 g/mol. The molecule has 3 heteroatoms. The summed E-state index contributed by atoms with van der Waals surface area (Å²) < 4.78 is 2.82. The molecule has 1 fully saturated rings. The molecule has 2 heterocycles. The third-order valence-corrected chi connectivity index (χ3v) is 14.4. The minimum atomic E-state index is 0.116. The molecule has 2 atom stereocenters. The molecule has 6 aromatic carbocycles. The number of rotatable bonds is 6. The van der Waals surface area contributed by atoms with Crippen molar-refractivity contribution in [3.8, 4) is 11.1 Å². The summed E-state index contributed by atoms with van der Waals surface area (Å²) in [6.45, 7) is 2.36. The van der Waals surface area contributed by atoms with Crippen LogP contribution in [0.25, 0.3) is 42.4 Å². The summed E-state index contributed by atoms with van der Waals surface area (Å²) in [5, 5.41) is 7.00. The molecule has 57 heavy (non-hydrogen) atoms. The van der Waals surface area contributed by atoms with Crippen molar-refractivity contribution in [1.29, 1.82) is 0 Å². The third kappa shape index (κ3) is 5.82. The zero-order chi connectivity index (χ0) is 37.9. The van der Waals surface area contributed by atoms with Gasteiger partial charge < -0.3 is 10.2 Å². The molecule has 0 bridgehead atoms. The van der Waals surface area contributed by atoms with Crippen LogP contribution in [0.5, 0.6) is 0 Å². The van der Waals surface area contributed by atoms with E-state index in [-0.39, 0.29) is 5.41 Å². The van der Waals surface area contributed by atoms with Gasteiger partial charge in [-0.3, -0.25) is 0 Å². The van der Waals surface area contributed by atoms with Crippen LogP contribution in [0.2, 0.25) is 0 Å². The zero-order valence-electron chi connectivity index (χ0n) is 32.4. The number of benzene rings is 6. The molecule has 4 aliphatic rings. The zero-order valence-corrected chi connectivity index (χ0v) is 33.2. The number of anilines is 4. The third-order valence-electron chi connectivity index (χ3n) is 13.2. The van der Waals surface area contributed by atoms with Gasteiger partial charge in [0.05, 0.1) is 5.69 Å². The Kier molecular flexibility index (Phi) is 8.40. The monoisotopic (exact) mass is 754 g/mol. The van der Waals surface area contributed by atoms with Crippen LogP contribution in [0, 0.1) is 11.8 Å². The summed E-state index contributed by atoms with van der Waals surface area (Å²) in [5.74, 6) is 0.957. The summed E-state index contributed by atoms with van der Waals surface area (Å²) in [6, 6.07) is 51.3. The highest BCUT2D eigenvalue weighted by molar-refractivity contribution is 7.26. The van der Waals surface area contributed by atoms with Crippen LogP contribution in [-0.4, -0.2) is 0 Å². The Hall–Kier alpha value is -5.90. The molecule has 11 rings (SSSR count). The molecule has 1 saturated carbocycles. The SMILES string of the molecule is C[C@@H]1C=CC=C(c2c3c(cc4c2sc2ccccc24)C2(CCCC2)C2CC(c4ccc(N(c5ccccc5)c5ccc(-c6ccccc6)cc5)cc4)=CC=C2N3)C1. The molecule has 2 nitrogen and oxygen atoms in total. The Morgan fingerprint density at radius 1 is 0.614 bits per heavy atom. The van der Waals surface area contributed by atoms with E-state index in [0.717, 1.165) is 29.9 Å². The van der Waals surface area contributed by atoms with Crippen molar-refractivity contribution in [2.45, 2.75) is 50.9 Å². The molecule has 1 aromatic heterocycles. The average Bonchev–Trinajstić information content (AvgIpc) is 3.90. The van der Waals surface area contributed by atoms with E-state index in [1.807, 2.05) is 11.3 Å². The summed E-state index contributed by atoms with van der Waals surface area (Å²) in [5.41, 5.74) is 16.0. The molecule has 3 aliphatic carbocycles. The molecule has 0 amide bonds. The van der Waals surface area contributed by atoms with Crippen LogP contribution in [0.3, 0.4) is 0 Å². The lowest BCUT2D eigenvalue weighted by atomic mass is 9.61. The Labute approximate surface area is 340 Å². The summed E-state index contributed by atoms with van der Waals surface area (Å²) in [7, 11) is 0.